The molecule has 2 aromatic rings. The standard InChI is InChI=1S/C10H7FN2O4S2/c11-6-1-3-7(4-2-6)19(16,17)13-10-12-8(5-18-10)9(14)15/h1-5H,(H,12,13)(H,14,15). The summed E-state index contributed by atoms with van der Waals surface area (Å²) in [4.78, 5) is 14.1. The molecule has 0 saturated heterocycles. The third kappa shape index (κ3) is 3.06. The molecule has 0 atom stereocenters. The minimum Gasteiger partial charge on any atom is -0.476 e. The average molecular weight is 302 g/mol. The summed E-state index contributed by atoms with van der Waals surface area (Å²) < 4.78 is 38.6. The number of halogens is 1. The fraction of sp³-hybridized carbons (Fsp3) is 0. The zero-order chi connectivity index (χ0) is 14.0. The van der Waals surface area contributed by atoms with E-state index < -0.39 is 21.8 Å². The first-order valence-electron chi connectivity index (χ1n) is 4.86. The van der Waals surface area contributed by atoms with E-state index in [1.165, 1.54) is 5.38 Å². The Hall–Kier alpha value is -2.00. The van der Waals surface area contributed by atoms with Crippen LogP contribution in [0.25, 0.3) is 0 Å². The summed E-state index contributed by atoms with van der Waals surface area (Å²) in [5, 5.41) is 9.81. The fourth-order valence-corrected chi connectivity index (χ4v) is 3.14. The maximum atomic E-state index is 12.7. The predicted octanol–water partition coefficient (Wildman–Crippen LogP) is 1.78. The van der Waals surface area contributed by atoms with Gasteiger partial charge in [-0.25, -0.2) is 22.6 Å². The zero-order valence-corrected chi connectivity index (χ0v) is 10.8. The maximum absolute atomic E-state index is 12.7. The van der Waals surface area contributed by atoms with Gasteiger partial charge >= 0.3 is 5.97 Å². The van der Waals surface area contributed by atoms with Gasteiger partial charge in [0.15, 0.2) is 10.8 Å². The number of nitrogens with zero attached hydrogens (tertiary/aromatic N) is 1. The van der Waals surface area contributed by atoms with Crippen LogP contribution in [0, 0.1) is 5.82 Å². The van der Waals surface area contributed by atoms with Crippen LogP contribution in [-0.2, 0) is 10.0 Å². The second-order valence-corrected chi connectivity index (χ2v) is 5.94. The van der Waals surface area contributed by atoms with Gasteiger partial charge in [0.05, 0.1) is 4.90 Å². The van der Waals surface area contributed by atoms with Gasteiger partial charge in [0.1, 0.15) is 5.82 Å². The Bertz CT molecular complexity index is 709. The lowest BCUT2D eigenvalue weighted by molar-refractivity contribution is 0.0691. The number of aromatic carboxylic acids is 1. The second kappa shape index (κ2) is 4.94. The van der Waals surface area contributed by atoms with Crippen LogP contribution in [0.2, 0.25) is 0 Å². The highest BCUT2D eigenvalue weighted by Crippen LogP contribution is 2.20. The van der Waals surface area contributed by atoms with Gasteiger partial charge in [-0.1, -0.05) is 0 Å². The molecule has 0 radical (unpaired) electrons. The number of thiazole rings is 1. The lowest BCUT2D eigenvalue weighted by atomic mass is 10.4. The van der Waals surface area contributed by atoms with Crippen molar-refractivity contribution >= 4 is 32.5 Å². The predicted molar refractivity (Wildman–Crippen MR) is 66.3 cm³/mol. The van der Waals surface area contributed by atoms with Gasteiger partial charge in [0, 0.05) is 5.38 Å². The maximum Gasteiger partial charge on any atom is 0.355 e. The molecule has 2 rings (SSSR count). The largest absolute Gasteiger partial charge is 0.476 e. The molecule has 0 fully saturated rings. The number of hydrogen-bond acceptors (Lipinski definition) is 5. The Morgan fingerprint density at radius 3 is 2.47 bits per heavy atom. The number of hydrogen-bond donors (Lipinski definition) is 2. The topological polar surface area (TPSA) is 96.4 Å². The highest BCUT2D eigenvalue weighted by molar-refractivity contribution is 7.93. The molecule has 0 amide bonds. The smallest absolute Gasteiger partial charge is 0.355 e. The van der Waals surface area contributed by atoms with Gasteiger partial charge in [0.2, 0.25) is 0 Å². The number of aromatic nitrogens is 1. The van der Waals surface area contributed by atoms with Crippen molar-refractivity contribution < 1.29 is 22.7 Å². The van der Waals surface area contributed by atoms with Crippen LogP contribution in [0.5, 0.6) is 0 Å². The van der Waals surface area contributed by atoms with Crippen molar-refractivity contribution in [2.75, 3.05) is 4.72 Å². The van der Waals surface area contributed by atoms with Gasteiger partial charge in [-0.15, -0.1) is 11.3 Å². The number of nitrogens with one attached hydrogen (secondary N) is 1. The van der Waals surface area contributed by atoms with Crippen molar-refractivity contribution in [2.45, 2.75) is 4.90 Å². The van der Waals surface area contributed by atoms with Crippen LogP contribution in [0.1, 0.15) is 10.5 Å². The number of sulfonamides is 1. The Labute approximate surface area is 111 Å². The minimum absolute atomic E-state index is 0.0678. The number of carboxylic acids is 1. The first kappa shape index (κ1) is 13.4. The second-order valence-electron chi connectivity index (χ2n) is 3.40. The van der Waals surface area contributed by atoms with Crippen molar-refractivity contribution in [2.24, 2.45) is 0 Å². The Balaban J connectivity index is 2.25. The summed E-state index contributed by atoms with van der Waals surface area (Å²) >= 11 is 0.846. The molecule has 2 N–H and O–H groups in total. The monoisotopic (exact) mass is 302 g/mol. The van der Waals surface area contributed by atoms with Crippen LogP contribution in [-0.4, -0.2) is 24.5 Å². The highest BCUT2D eigenvalue weighted by atomic mass is 32.2. The molecule has 0 unspecified atom stereocenters. The molecule has 1 aromatic carbocycles. The molecule has 9 heteroatoms. The minimum atomic E-state index is -3.90. The lowest BCUT2D eigenvalue weighted by Crippen LogP contribution is -2.13. The lowest BCUT2D eigenvalue weighted by Gasteiger charge is -2.04. The van der Waals surface area contributed by atoms with Crippen LogP contribution in [0.4, 0.5) is 9.52 Å². The van der Waals surface area contributed by atoms with E-state index in [1.54, 1.807) is 0 Å². The molecular weight excluding hydrogens is 295 g/mol. The number of carboxylic acid groups (broad SMARTS) is 1. The van der Waals surface area contributed by atoms with Gasteiger partial charge in [-0.2, -0.15) is 0 Å². The molecule has 1 heterocycles. The number of benzene rings is 1. The van der Waals surface area contributed by atoms with Gasteiger partial charge in [-0.3, -0.25) is 4.72 Å². The SMILES string of the molecule is O=C(O)c1csc(NS(=O)(=O)c2ccc(F)cc2)n1. The third-order valence-corrected chi connectivity index (χ3v) is 4.31. The van der Waals surface area contributed by atoms with Crippen LogP contribution < -0.4 is 4.72 Å². The summed E-state index contributed by atoms with van der Waals surface area (Å²) in [7, 11) is -3.90. The molecule has 100 valence electrons. The summed E-state index contributed by atoms with van der Waals surface area (Å²) in [5.74, 6) is -1.80. The van der Waals surface area contributed by atoms with E-state index in [9.17, 15) is 17.6 Å². The van der Waals surface area contributed by atoms with Gasteiger partial charge in [-0.05, 0) is 24.3 Å². The first-order chi connectivity index (χ1) is 8.88. The van der Waals surface area contributed by atoms with Crippen molar-refractivity contribution in [3.05, 3.63) is 41.2 Å². The van der Waals surface area contributed by atoms with Crippen molar-refractivity contribution in [1.82, 2.24) is 4.98 Å². The molecule has 0 spiro atoms. The molecule has 0 aliphatic heterocycles. The van der Waals surface area contributed by atoms with Gasteiger partial charge < -0.3 is 5.11 Å². The Kier molecular flexibility index (Phi) is 3.49. The van der Waals surface area contributed by atoms with E-state index in [2.05, 4.69) is 9.71 Å². The molecule has 19 heavy (non-hydrogen) atoms. The van der Waals surface area contributed by atoms with Crippen molar-refractivity contribution in [3.63, 3.8) is 0 Å². The number of anilines is 1. The molecular formula is C10H7FN2O4S2. The molecule has 0 saturated carbocycles. The van der Waals surface area contributed by atoms with Crippen LogP contribution >= 0.6 is 11.3 Å². The molecule has 6 nitrogen and oxygen atoms in total. The normalized spacial score (nSPS) is 11.2. The molecule has 0 aliphatic carbocycles. The van der Waals surface area contributed by atoms with E-state index in [0.29, 0.717) is 0 Å². The molecule has 0 aliphatic rings. The van der Waals surface area contributed by atoms with Gasteiger partial charge in [0.25, 0.3) is 10.0 Å². The zero-order valence-electron chi connectivity index (χ0n) is 9.20. The molecule has 0 bridgehead atoms. The van der Waals surface area contributed by atoms with Crippen LogP contribution in [0.3, 0.4) is 0 Å². The van der Waals surface area contributed by atoms with E-state index in [1.807, 2.05) is 0 Å². The fourth-order valence-electron chi connectivity index (χ4n) is 1.21. The summed E-state index contributed by atoms with van der Waals surface area (Å²) in [6.07, 6.45) is 0. The van der Waals surface area contributed by atoms with E-state index in [-0.39, 0.29) is 15.7 Å². The summed E-state index contributed by atoms with van der Waals surface area (Å²) in [5.41, 5.74) is -0.248. The Morgan fingerprint density at radius 1 is 1.32 bits per heavy atom. The number of rotatable bonds is 4. The average Bonchev–Trinajstić information content (AvgIpc) is 2.77. The first-order valence-corrected chi connectivity index (χ1v) is 7.22. The van der Waals surface area contributed by atoms with Crippen LogP contribution in [0.15, 0.2) is 34.5 Å². The quantitative estimate of drug-likeness (QED) is 0.897. The van der Waals surface area contributed by atoms with E-state index >= 15 is 0 Å². The highest BCUT2D eigenvalue weighted by Gasteiger charge is 2.17. The summed E-state index contributed by atoms with van der Waals surface area (Å²) in [6, 6.07) is 4.23. The Morgan fingerprint density at radius 2 is 1.95 bits per heavy atom. The van der Waals surface area contributed by atoms with E-state index in [4.69, 9.17) is 5.11 Å². The van der Waals surface area contributed by atoms with E-state index in [0.717, 1.165) is 35.6 Å². The summed E-state index contributed by atoms with van der Waals surface area (Å²) in [6.45, 7) is 0. The molecule has 1 aromatic heterocycles. The van der Waals surface area contributed by atoms with Crippen molar-refractivity contribution in [3.8, 4) is 0 Å². The van der Waals surface area contributed by atoms with Crippen molar-refractivity contribution in [1.29, 1.82) is 0 Å². The number of carbonyl (C=O) groups is 1. The third-order valence-electron chi connectivity index (χ3n) is 2.07.